The number of fused-ring (bicyclic) bond motifs is 1. The monoisotopic (exact) mass is 447 g/mol. The molecule has 1 aliphatic rings. The largest absolute Gasteiger partial charge is 0.573 e. The molecule has 2 N–H and O–H groups in total. The predicted octanol–water partition coefficient (Wildman–Crippen LogP) is 3.82. The van der Waals surface area contributed by atoms with Crippen LogP contribution in [0.4, 0.5) is 17.6 Å². The van der Waals surface area contributed by atoms with Crippen molar-refractivity contribution >= 4 is 5.91 Å². The van der Waals surface area contributed by atoms with Crippen molar-refractivity contribution in [3.63, 3.8) is 0 Å². The van der Waals surface area contributed by atoms with Crippen LogP contribution in [0.15, 0.2) is 59.7 Å². The Labute approximate surface area is 179 Å². The molecule has 0 unspecified atom stereocenters. The number of aromatic nitrogens is 2. The number of alkyl halides is 3. The number of nitrogens with one attached hydrogen (secondary N) is 2. The van der Waals surface area contributed by atoms with E-state index < -0.39 is 29.4 Å². The van der Waals surface area contributed by atoms with Crippen LogP contribution in [-0.4, -0.2) is 22.2 Å². The van der Waals surface area contributed by atoms with Gasteiger partial charge in [-0.25, -0.2) is 4.39 Å². The van der Waals surface area contributed by atoms with E-state index in [1.165, 1.54) is 30.6 Å². The number of hydrogen-bond donors (Lipinski definition) is 2. The van der Waals surface area contributed by atoms with Crippen LogP contribution >= 0.6 is 0 Å². The first-order valence-electron chi connectivity index (χ1n) is 9.69. The molecule has 0 fully saturated rings. The van der Waals surface area contributed by atoms with Crippen molar-refractivity contribution < 1.29 is 27.1 Å². The molecule has 10 heteroatoms. The number of pyridine rings is 2. The van der Waals surface area contributed by atoms with Crippen LogP contribution < -0.4 is 15.6 Å². The summed E-state index contributed by atoms with van der Waals surface area (Å²) in [6.45, 7) is 0. The zero-order chi connectivity index (χ0) is 22.9. The minimum absolute atomic E-state index is 0.157. The van der Waals surface area contributed by atoms with E-state index in [0.29, 0.717) is 25.0 Å². The first kappa shape index (κ1) is 21.5. The lowest BCUT2D eigenvalue weighted by molar-refractivity contribution is -0.275. The normalized spacial score (nSPS) is 18.0. The smallest absolute Gasteiger partial charge is 0.403 e. The number of rotatable bonds is 4. The van der Waals surface area contributed by atoms with Gasteiger partial charge in [-0.2, -0.15) is 0 Å². The Bertz CT molecular complexity index is 1210. The number of ether oxygens (including phenoxy) is 1. The molecule has 1 aromatic carbocycles. The van der Waals surface area contributed by atoms with Gasteiger partial charge in [0.25, 0.3) is 5.91 Å². The van der Waals surface area contributed by atoms with E-state index in [9.17, 15) is 27.2 Å². The molecule has 32 heavy (non-hydrogen) atoms. The van der Waals surface area contributed by atoms with Gasteiger partial charge in [0.15, 0.2) is 11.6 Å². The van der Waals surface area contributed by atoms with E-state index in [1.54, 1.807) is 6.07 Å². The van der Waals surface area contributed by atoms with E-state index in [2.05, 4.69) is 20.0 Å². The Kier molecular flexibility index (Phi) is 5.45. The molecule has 3 aromatic rings. The van der Waals surface area contributed by atoms with Gasteiger partial charge in [-0.15, -0.1) is 13.2 Å². The number of hydrogen-bond acceptors (Lipinski definition) is 4. The lowest BCUT2D eigenvalue weighted by atomic mass is 9.75. The molecule has 2 heterocycles. The number of aryl methyl sites for hydroxylation is 1. The van der Waals surface area contributed by atoms with E-state index >= 15 is 0 Å². The Morgan fingerprint density at radius 3 is 2.69 bits per heavy atom. The van der Waals surface area contributed by atoms with E-state index in [4.69, 9.17) is 0 Å². The summed E-state index contributed by atoms with van der Waals surface area (Å²) in [5.41, 5.74) is 0.0128. The molecule has 1 atom stereocenters. The quantitative estimate of drug-likeness (QED) is 0.596. The van der Waals surface area contributed by atoms with Crippen molar-refractivity contribution in [1.29, 1.82) is 0 Å². The molecule has 0 aliphatic heterocycles. The Morgan fingerprint density at radius 2 is 2.00 bits per heavy atom. The number of amides is 1. The number of benzene rings is 1. The third-order valence-electron chi connectivity index (χ3n) is 5.32. The van der Waals surface area contributed by atoms with Crippen LogP contribution in [0.1, 0.15) is 40.0 Å². The molecule has 0 saturated carbocycles. The number of aromatic amines is 1. The van der Waals surface area contributed by atoms with Crippen LogP contribution in [-0.2, 0) is 12.0 Å². The van der Waals surface area contributed by atoms with Crippen molar-refractivity contribution in [3.8, 4) is 5.75 Å². The van der Waals surface area contributed by atoms with Crippen LogP contribution in [0.3, 0.4) is 0 Å². The third kappa shape index (κ3) is 4.20. The van der Waals surface area contributed by atoms with Crippen molar-refractivity contribution in [2.75, 3.05) is 0 Å². The SMILES string of the molecule is O=C(N[C@]1(c2ccc(OC(F)(F)F)c(F)c2)CCCc2cccnc21)c1ccc(=O)[nH]c1. The summed E-state index contributed by atoms with van der Waals surface area (Å²) < 4.78 is 56.0. The van der Waals surface area contributed by atoms with Crippen molar-refractivity contribution in [2.45, 2.75) is 31.2 Å². The highest BCUT2D eigenvalue weighted by molar-refractivity contribution is 5.94. The fourth-order valence-corrected chi connectivity index (χ4v) is 3.95. The predicted molar refractivity (Wildman–Crippen MR) is 106 cm³/mol. The topological polar surface area (TPSA) is 84.1 Å². The molecular formula is C22H17F4N3O3. The summed E-state index contributed by atoms with van der Waals surface area (Å²) in [5, 5.41) is 2.88. The summed E-state index contributed by atoms with van der Waals surface area (Å²) in [4.78, 5) is 31.2. The number of H-pyrrole nitrogens is 1. The summed E-state index contributed by atoms with van der Waals surface area (Å²) in [5.74, 6) is -2.75. The van der Waals surface area contributed by atoms with Crippen LogP contribution in [0.25, 0.3) is 0 Å². The molecule has 1 aliphatic carbocycles. The van der Waals surface area contributed by atoms with Crippen LogP contribution in [0, 0.1) is 5.82 Å². The van der Waals surface area contributed by atoms with Gasteiger partial charge in [0.1, 0.15) is 5.54 Å². The highest BCUT2D eigenvalue weighted by Gasteiger charge is 2.42. The maximum absolute atomic E-state index is 14.6. The zero-order valence-corrected chi connectivity index (χ0v) is 16.5. The Hall–Kier alpha value is -3.69. The first-order chi connectivity index (χ1) is 15.2. The van der Waals surface area contributed by atoms with Gasteiger partial charge in [-0.3, -0.25) is 14.6 Å². The second kappa shape index (κ2) is 8.10. The fourth-order valence-electron chi connectivity index (χ4n) is 3.95. The molecule has 0 spiro atoms. The molecule has 4 rings (SSSR count). The molecule has 0 bridgehead atoms. The van der Waals surface area contributed by atoms with Crippen molar-refractivity contribution in [3.05, 3.63) is 93.4 Å². The molecule has 2 aromatic heterocycles. The maximum Gasteiger partial charge on any atom is 0.573 e. The highest BCUT2D eigenvalue weighted by Crippen LogP contribution is 2.41. The second-order valence-electron chi connectivity index (χ2n) is 7.36. The Balaban J connectivity index is 1.81. The summed E-state index contributed by atoms with van der Waals surface area (Å²) in [6, 6.07) is 9.17. The highest BCUT2D eigenvalue weighted by atomic mass is 19.4. The number of nitrogens with zero attached hydrogens (tertiary/aromatic N) is 1. The molecule has 6 nitrogen and oxygen atoms in total. The second-order valence-corrected chi connectivity index (χ2v) is 7.36. The van der Waals surface area contributed by atoms with Gasteiger partial charge in [-0.05, 0) is 54.7 Å². The molecule has 166 valence electrons. The van der Waals surface area contributed by atoms with Crippen LogP contribution in [0.5, 0.6) is 5.75 Å². The number of carbonyl (C=O) groups is 1. The van der Waals surface area contributed by atoms with E-state index in [1.807, 2.05) is 6.07 Å². The molecular weight excluding hydrogens is 430 g/mol. The lowest BCUT2D eigenvalue weighted by Gasteiger charge is -2.39. The first-order valence-corrected chi connectivity index (χ1v) is 9.69. The van der Waals surface area contributed by atoms with E-state index in [-0.39, 0.29) is 16.7 Å². The average molecular weight is 447 g/mol. The molecule has 1 amide bonds. The zero-order valence-electron chi connectivity index (χ0n) is 16.5. The van der Waals surface area contributed by atoms with Crippen molar-refractivity contribution in [1.82, 2.24) is 15.3 Å². The van der Waals surface area contributed by atoms with Gasteiger partial charge >= 0.3 is 6.36 Å². The van der Waals surface area contributed by atoms with Gasteiger partial charge in [0.2, 0.25) is 5.56 Å². The minimum atomic E-state index is -5.04. The standard InChI is InChI=1S/C22H17F4N3O3/c23-16-11-15(6-7-17(16)32-22(24,25)26)21(9-1-3-13-4-2-10-27-19(13)21)29-20(31)14-5-8-18(30)28-12-14/h2,4-8,10-12H,1,3,9H2,(H,28,30)(H,29,31)/t21-/m0/s1. The van der Waals surface area contributed by atoms with Gasteiger partial charge in [0.05, 0.1) is 11.3 Å². The van der Waals surface area contributed by atoms with E-state index in [0.717, 1.165) is 17.7 Å². The van der Waals surface area contributed by atoms with Gasteiger partial charge < -0.3 is 15.0 Å². The fraction of sp³-hybridized carbons (Fsp3) is 0.227. The number of halogens is 4. The third-order valence-corrected chi connectivity index (χ3v) is 5.32. The molecule has 0 radical (unpaired) electrons. The van der Waals surface area contributed by atoms with Crippen molar-refractivity contribution in [2.24, 2.45) is 0 Å². The summed E-state index contributed by atoms with van der Waals surface area (Å²) in [6.07, 6.45) is -0.635. The summed E-state index contributed by atoms with van der Waals surface area (Å²) >= 11 is 0. The van der Waals surface area contributed by atoms with Crippen LogP contribution in [0.2, 0.25) is 0 Å². The summed E-state index contributed by atoms with van der Waals surface area (Å²) in [7, 11) is 0. The number of carbonyl (C=O) groups excluding carboxylic acids is 1. The average Bonchev–Trinajstić information content (AvgIpc) is 2.75. The van der Waals surface area contributed by atoms with Gasteiger partial charge in [-0.1, -0.05) is 12.1 Å². The molecule has 0 saturated heterocycles. The van der Waals surface area contributed by atoms with Gasteiger partial charge in [0, 0.05) is 18.5 Å². The lowest BCUT2D eigenvalue weighted by Crippen LogP contribution is -2.49. The maximum atomic E-state index is 14.6. The Morgan fingerprint density at radius 1 is 1.19 bits per heavy atom. The minimum Gasteiger partial charge on any atom is -0.403 e.